The van der Waals surface area contributed by atoms with Crippen molar-refractivity contribution in [2.75, 3.05) is 5.32 Å². The van der Waals surface area contributed by atoms with Gasteiger partial charge in [-0.15, -0.1) is 0 Å². The van der Waals surface area contributed by atoms with Crippen LogP contribution < -0.4 is 5.32 Å². The number of aliphatic carboxylic acids is 1. The van der Waals surface area contributed by atoms with Gasteiger partial charge in [-0.3, -0.25) is 0 Å². The Morgan fingerprint density at radius 1 is 1.24 bits per heavy atom. The summed E-state index contributed by atoms with van der Waals surface area (Å²) in [6.07, 6.45) is 0. The highest BCUT2D eigenvalue weighted by Gasteiger charge is 2.24. The summed E-state index contributed by atoms with van der Waals surface area (Å²) in [4.78, 5) is 11.4. The molecule has 0 aliphatic heterocycles. The lowest BCUT2D eigenvalue weighted by atomic mass is 10.1. The molecule has 7 heteroatoms. The van der Waals surface area contributed by atoms with Crippen LogP contribution in [0.3, 0.4) is 0 Å². The van der Waals surface area contributed by atoms with E-state index >= 15 is 0 Å². The van der Waals surface area contributed by atoms with Crippen LogP contribution in [0.1, 0.15) is 11.6 Å². The zero-order valence-electron chi connectivity index (χ0n) is 10.4. The second-order valence-corrected chi connectivity index (χ2v) is 5.86. The molecule has 110 valence electrons. The molecule has 0 fully saturated rings. The maximum absolute atomic E-state index is 14.0. The van der Waals surface area contributed by atoms with Gasteiger partial charge in [-0.2, -0.15) is 0 Å². The van der Waals surface area contributed by atoms with Crippen LogP contribution in [0.4, 0.5) is 10.1 Å². The molecule has 0 saturated carbocycles. The van der Waals surface area contributed by atoms with Crippen molar-refractivity contribution in [1.82, 2.24) is 0 Å². The van der Waals surface area contributed by atoms with Gasteiger partial charge in [0, 0.05) is 15.7 Å². The highest BCUT2D eigenvalue weighted by molar-refractivity contribution is 9.10. The first-order chi connectivity index (χ1) is 9.90. The molecule has 2 aromatic carbocycles. The standard InChI is InChI=1S/C14H9BrCl2FNO2/c15-9-6-7(4-5-10(9)16)19-13(14(20)21)8-2-1-3-11(17)12(8)18/h1-6,13,19H,(H,20,21). The molecule has 0 bridgehead atoms. The lowest BCUT2D eigenvalue weighted by Gasteiger charge is -2.17. The summed E-state index contributed by atoms with van der Waals surface area (Å²) in [5.41, 5.74) is 0.444. The first kappa shape index (κ1) is 16.1. The lowest BCUT2D eigenvalue weighted by Crippen LogP contribution is -2.21. The van der Waals surface area contributed by atoms with Crippen LogP contribution in [-0.2, 0) is 4.79 Å². The number of halogens is 4. The molecule has 21 heavy (non-hydrogen) atoms. The van der Waals surface area contributed by atoms with Crippen molar-refractivity contribution >= 4 is 50.8 Å². The summed E-state index contributed by atoms with van der Waals surface area (Å²) in [7, 11) is 0. The Bertz CT molecular complexity index is 697. The molecular weight excluding hydrogens is 384 g/mol. The summed E-state index contributed by atoms with van der Waals surface area (Å²) in [5, 5.41) is 12.4. The van der Waals surface area contributed by atoms with Gasteiger partial charge in [-0.05, 0) is 40.2 Å². The van der Waals surface area contributed by atoms with Gasteiger partial charge in [-0.25, -0.2) is 9.18 Å². The number of carbonyl (C=O) groups is 1. The summed E-state index contributed by atoms with van der Waals surface area (Å²) in [6.45, 7) is 0. The maximum atomic E-state index is 14.0. The summed E-state index contributed by atoms with van der Waals surface area (Å²) < 4.78 is 14.6. The summed E-state index contributed by atoms with van der Waals surface area (Å²) in [6, 6.07) is 7.77. The van der Waals surface area contributed by atoms with E-state index in [1.54, 1.807) is 18.2 Å². The quantitative estimate of drug-likeness (QED) is 0.757. The van der Waals surface area contributed by atoms with Crippen molar-refractivity contribution in [1.29, 1.82) is 0 Å². The minimum atomic E-state index is -1.27. The normalized spacial score (nSPS) is 12.0. The molecule has 1 atom stereocenters. The van der Waals surface area contributed by atoms with E-state index in [9.17, 15) is 14.3 Å². The van der Waals surface area contributed by atoms with E-state index in [0.29, 0.717) is 15.2 Å². The molecule has 0 radical (unpaired) electrons. The highest BCUT2D eigenvalue weighted by Crippen LogP contribution is 2.30. The highest BCUT2D eigenvalue weighted by atomic mass is 79.9. The summed E-state index contributed by atoms with van der Waals surface area (Å²) in [5.74, 6) is -1.98. The third-order valence-electron chi connectivity index (χ3n) is 2.77. The SMILES string of the molecule is O=C(O)C(Nc1ccc(Cl)c(Br)c1)c1cccc(Cl)c1F. The fourth-order valence-corrected chi connectivity index (χ4v) is 2.45. The predicted molar refractivity (Wildman–Crippen MR) is 84.6 cm³/mol. The molecule has 2 N–H and O–H groups in total. The number of hydrogen-bond acceptors (Lipinski definition) is 2. The number of carboxylic acid groups (broad SMARTS) is 1. The monoisotopic (exact) mass is 391 g/mol. The van der Waals surface area contributed by atoms with E-state index in [2.05, 4.69) is 21.2 Å². The van der Waals surface area contributed by atoms with Gasteiger partial charge in [0.1, 0.15) is 5.82 Å². The van der Waals surface area contributed by atoms with Crippen LogP contribution >= 0.6 is 39.1 Å². The van der Waals surface area contributed by atoms with Crippen molar-refractivity contribution in [3.8, 4) is 0 Å². The first-order valence-corrected chi connectivity index (χ1v) is 7.33. The largest absolute Gasteiger partial charge is 0.479 e. The maximum Gasteiger partial charge on any atom is 0.330 e. The van der Waals surface area contributed by atoms with Crippen LogP contribution in [0, 0.1) is 5.82 Å². The molecule has 0 amide bonds. The average molecular weight is 393 g/mol. The molecule has 1 unspecified atom stereocenters. The van der Waals surface area contributed by atoms with Crippen molar-refractivity contribution in [3.63, 3.8) is 0 Å². The van der Waals surface area contributed by atoms with E-state index in [0.717, 1.165) is 0 Å². The predicted octanol–water partition coefficient (Wildman–Crippen LogP) is 5.13. The fourth-order valence-electron chi connectivity index (χ4n) is 1.77. The molecule has 0 heterocycles. The molecule has 2 aromatic rings. The topological polar surface area (TPSA) is 49.3 Å². The Morgan fingerprint density at radius 2 is 1.95 bits per heavy atom. The molecule has 0 aliphatic carbocycles. The van der Waals surface area contributed by atoms with Gasteiger partial charge in [0.05, 0.1) is 10.0 Å². The van der Waals surface area contributed by atoms with Crippen LogP contribution in [0.25, 0.3) is 0 Å². The number of nitrogens with one attached hydrogen (secondary N) is 1. The van der Waals surface area contributed by atoms with E-state index < -0.39 is 17.8 Å². The van der Waals surface area contributed by atoms with Crippen molar-refractivity contribution < 1.29 is 14.3 Å². The van der Waals surface area contributed by atoms with Crippen molar-refractivity contribution in [2.24, 2.45) is 0 Å². The minimum Gasteiger partial charge on any atom is -0.479 e. The number of anilines is 1. The van der Waals surface area contributed by atoms with E-state index in [1.165, 1.54) is 18.2 Å². The smallest absolute Gasteiger partial charge is 0.330 e. The van der Waals surface area contributed by atoms with Crippen LogP contribution in [0.15, 0.2) is 40.9 Å². The minimum absolute atomic E-state index is 0.0407. The van der Waals surface area contributed by atoms with E-state index in [-0.39, 0.29) is 10.6 Å². The molecule has 0 saturated heterocycles. The van der Waals surface area contributed by atoms with Crippen molar-refractivity contribution in [2.45, 2.75) is 6.04 Å². The van der Waals surface area contributed by atoms with Crippen LogP contribution in [-0.4, -0.2) is 11.1 Å². The Morgan fingerprint density at radius 3 is 2.57 bits per heavy atom. The van der Waals surface area contributed by atoms with E-state index in [1.807, 2.05) is 0 Å². The molecular formula is C14H9BrCl2FNO2. The van der Waals surface area contributed by atoms with Gasteiger partial charge in [0.15, 0.2) is 6.04 Å². The average Bonchev–Trinajstić information content (AvgIpc) is 2.43. The number of carboxylic acids is 1. The van der Waals surface area contributed by atoms with Gasteiger partial charge in [0.25, 0.3) is 0 Å². The Kier molecular flexibility index (Phi) is 5.08. The summed E-state index contributed by atoms with van der Waals surface area (Å²) >= 11 is 14.8. The first-order valence-electron chi connectivity index (χ1n) is 5.78. The lowest BCUT2D eigenvalue weighted by molar-refractivity contribution is -0.138. The van der Waals surface area contributed by atoms with Gasteiger partial charge < -0.3 is 10.4 Å². The second-order valence-electron chi connectivity index (χ2n) is 4.19. The fraction of sp³-hybridized carbons (Fsp3) is 0.0714. The number of benzene rings is 2. The third-order valence-corrected chi connectivity index (χ3v) is 4.28. The zero-order chi connectivity index (χ0) is 15.6. The Hall–Kier alpha value is -1.30. The van der Waals surface area contributed by atoms with Gasteiger partial charge in [-0.1, -0.05) is 35.3 Å². The molecule has 0 aliphatic rings. The molecule has 0 aromatic heterocycles. The van der Waals surface area contributed by atoms with Gasteiger partial charge >= 0.3 is 5.97 Å². The Balaban J connectivity index is 2.38. The van der Waals surface area contributed by atoms with E-state index in [4.69, 9.17) is 23.2 Å². The Labute approximate surface area is 138 Å². The number of rotatable bonds is 4. The molecule has 3 nitrogen and oxygen atoms in total. The zero-order valence-corrected chi connectivity index (χ0v) is 13.5. The molecule has 0 spiro atoms. The van der Waals surface area contributed by atoms with Crippen LogP contribution in [0.2, 0.25) is 10.0 Å². The van der Waals surface area contributed by atoms with Gasteiger partial charge in [0.2, 0.25) is 0 Å². The third kappa shape index (κ3) is 3.67. The molecule has 2 rings (SSSR count). The van der Waals surface area contributed by atoms with Crippen molar-refractivity contribution in [3.05, 3.63) is 62.3 Å². The second kappa shape index (κ2) is 6.64. The van der Waals surface area contributed by atoms with Crippen LogP contribution in [0.5, 0.6) is 0 Å². The number of hydrogen-bond donors (Lipinski definition) is 2.